The maximum absolute atomic E-state index is 12.1. The van der Waals surface area contributed by atoms with Gasteiger partial charge in [0.1, 0.15) is 0 Å². The number of anilines is 1. The zero-order valence-corrected chi connectivity index (χ0v) is 13.2. The van der Waals surface area contributed by atoms with Crippen LogP contribution in [0.5, 0.6) is 0 Å². The molecule has 1 unspecified atom stereocenters. The first-order chi connectivity index (χ1) is 8.77. The van der Waals surface area contributed by atoms with Crippen molar-refractivity contribution in [3.63, 3.8) is 0 Å². The molecule has 0 heterocycles. The Morgan fingerprint density at radius 1 is 1.42 bits per heavy atom. The molecule has 19 heavy (non-hydrogen) atoms. The van der Waals surface area contributed by atoms with Crippen molar-refractivity contribution in [2.45, 2.75) is 18.7 Å². The molecule has 1 atom stereocenters. The zero-order valence-electron chi connectivity index (χ0n) is 10.8. The summed E-state index contributed by atoms with van der Waals surface area (Å²) in [5, 5.41) is 0.323. The lowest BCUT2D eigenvalue weighted by Crippen LogP contribution is -2.28. The van der Waals surface area contributed by atoms with Crippen molar-refractivity contribution in [2.75, 3.05) is 23.8 Å². The van der Waals surface area contributed by atoms with Gasteiger partial charge in [-0.25, -0.2) is 13.1 Å². The van der Waals surface area contributed by atoms with Crippen LogP contribution in [0.1, 0.15) is 12.5 Å². The second kappa shape index (κ2) is 6.69. The largest absolute Gasteiger partial charge is 0.397 e. The van der Waals surface area contributed by atoms with Crippen LogP contribution in [0.2, 0.25) is 5.02 Å². The molecule has 0 saturated carbocycles. The summed E-state index contributed by atoms with van der Waals surface area (Å²) >= 11 is 5.82. The van der Waals surface area contributed by atoms with E-state index in [1.54, 1.807) is 13.8 Å². The third-order valence-corrected chi connectivity index (χ3v) is 5.76. The minimum absolute atomic E-state index is 0.0941. The summed E-state index contributed by atoms with van der Waals surface area (Å²) in [4.78, 5) is 0.0941. The first-order valence-corrected chi connectivity index (χ1v) is 9.03. The van der Waals surface area contributed by atoms with E-state index in [0.717, 1.165) is 0 Å². The predicted octanol–water partition coefficient (Wildman–Crippen LogP) is 1.28. The van der Waals surface area contributed by atoms with Crippen LogP contribution in [-0.2, 0) is 20.8 Å². The normalized spacial score (nSPS) is 13.4. The van der Waals surface area contributed by atoms with Gasteiger partial charge in [0.25, 0.3) is 0 Å². The van der Waals surface area contributed by atoms with Crippen molar-refractivity contribution in [1.29, 1.82) is 0 Å². The molecule has 0 fully saturated rings. The number of nitrogens with two attached hydrogens (primary N) is 1. The van der Waals surface area contributed by atoms with Crippen LogP contribution in [0, 0.1) is 6.92 Å². The Bertz CT molecular complexity index is 588. The molecule has 0 radical (unpaired) electrons. The Labute approximate surface area is 121 Å². The first-order valence-electron chi connectivity index (χ1n) is 5.68. The molecule has 0 aromatic heterocycles. The highest BCUT2D eigenvalue weighted by molar-refractivity contribution is 7.89. The van der Waals surface area contributed by atoms with E-state index in [0.29, 0.717) is 16.3 Å². The van der Waals surface area contributed by atoms with E-state index >= 15 is 0 Å². The van der Waals surface area contributed by atoms with Crippen LogP contribution in [0.4, 0.5) is 5.69 Å². The van der Waals surface area contributed by atoms with Gasteiger partial charge in [-0.2, -0.15) is 0 Å². The number of aryl methyl sites for hydroxylation is 1. The van der Waals surface area contributed by atoms with Crippen molar-refractivity contribution < 1.29 is 12.6 Å². The van der Waals surface area contributed by atoms with Crippen molar-refractivity contribution in [3.05, 3.63) is 22.7 Å². The molecule has 1 aromatic rings. The molecule has 0 aliphatic heterocycles. The molecular weight excluding hydrogens is 308 g/mol. The molecule has 0 aliphatic rings. The number of nitrogen functional groups attached to an aromatic ring is 1. The average Bonchev–Trinajstić information content (AvgIpc) is 2.33. The van der Waals surface area contributed by atoms with Crippen molar-refractivity contribution in [3.8, 4) is 0 Å². The SMILES string of the molecule is CCS(=O)CCNS(=O)(=O)c1cc(N)c(Cl)cc1C. The number of rotatable bonds is 6. The Kier molecular flexibility index (Phi) is 5.79. The van der Waals surface area contributed by atoms with Crippen LogP contribution in [-0.4, -0.2) is 30.7 Å². The maximum Gasteiger partial charge on any atom is 0.240 e. The van der Waals surface area contributed by atoms with E-state index in [1.165, 1.54) is 12.1 Å². The van der Waals surface area contributed by atoms with Gasteiger partial charge < -0.3 is 5.73 Å². The summed E-state index contributed by atoms with van der Waals surface area (Å²) in [6, 6.07) is 2.84. The van der Waals surface area contributed by atoms with Crippen LogP contribution in [0.15, 0.2) is 17.0 Å². The van der Waals surface area contributed by atoms with E-state index in [9.17, 15) is 12.6 Å². The van der Waals surface area contributed by atoms with Crippen molar-refractivity contribution in [1.82, 2.24) is 4.72 Å². The third-order valence-electron chi connectivity index (χ3n) is 2.53. The van der Waals surface area contributed by atoms with Gasteiger partial charge in [-0.1, -0.05) is 18.5 Å². The fourth-order valence-corrected chi connectivity index (χ4v) is 3.73. The van der Waals surface area contributed by atoms with E-state index in [-0.39, 0.29) is 22.9 Å². The highest BCUT2D eigenvalue weighted by Gasteiger charge is 2.18. The first kappa shape index (κ1) is 16.4. The van der Waals surface area contributed by atoms with E-state index in [2.05, 4.69) is 4.72 Å². The Morgan fingerprint density at radius 3 is 2.63 bits per heavy atom. The molecule has 0 saturated heterocycles. The smallest absolute Gasteiger partial charge is 0.240 e. The summed E-state index contributed by atoms with van der Waals surface area (Å²) in [6.45, 7) is 3.56. The number of benzene rings is 1. The monoisotopic (exact) mass is 324 g/mol. The van der Waals surface area contributed by atoms with Gasteiger partial charge >= 0.3 is 0 Å². The second-order valence-corrected chi connectivity index (χ2v) is 7.98. The van der Waals surface area contributed by atoms with Crippen molar-refractivity contribution in [2.24, 2.45) is 0 Å². The van der Waals surface area contributed by atoms with Crippen LogP contribution in [0.3, 0.4) is 0 Å². The minimum atomic E-state index is -3.66. The molecule has 0 aliphatic carbocycles. The molecule has 0 spiro atoms. The number of halogens is 1. The quantitative estimate of drug-likeness (QED) is 0.771. The van der Waals surface area contributed by atoms with E-state index < -0.39 is 20.8 Å². The van der Waals surface area contributed by atoms with E-state index in [4.69, 9.17) is 17.3 Å². The highest BCUT2D eigenvalue weighted by atomic mass is 35.5. The number of nitrogens with one attached hydrogen (secondary N) is 1. The maximum atomic E-state index is 12.1. The van der Waals surface area contributed by atoms with Gasteiger partial charge in [-0.05, 0) is 24.6 Å². The fourth-order valence-electron chi connectivity index (χ4n) is 1.47. The molecular formula is C11H17ClN2O3S2. The molecule has 1 rings (SSSR count). The molecule has 108 valence electrons. The molecule has 3 N–H and O–H groups in total. The van der Waals surface area contributed by atoms with E-state index in [1.807, 2.05) is 0 Å². The summed E-state index contributed by atoms with van der Waals surface area (Å²) in [5.74, 6) is 0.798. The lowest BCUT2D eigenvalue weighted by atomic mass is 10.2. The van der Waals surface area contributed by atoms with Crippen molar-refractivity contribution >= 4 is 38.1 Å². The van der Waals surface area contributed by atoms with Crippen LogP contribution in [0.25, 0.3) is 0 Å². The highest BCUT2D eigenvalue weighted by Crippen LogP contribution is 2.25. The summed E-state index contributed by atoms with van der Waals surface area (Å²) < 4.78 is 37.8. The molecule has 5 nitrogen and oxygen atoms in total. The molecule has 8 heteroatoms. The Hall–Kier alpha value is -0.630. The summed E-state index contributed by atoms with van der Waals surface area (Å²) in [6.07, 6.45) is 0. The predicted molar refractivity (Wildman–Crippen MR) is 79.3 cm³/mol. The lowest BCUT2D eigenvalue weighted by Gasteiger charge is -2.10. The minimum Gasteiger partial charge on any atom is -0.397 e. The van der Waals surface area contributed by atoms with Gasteiger partial charge in [0.05, 0.1) is 15.6 Å². The standard InChI is InChI=1S/C11H17ClN2O3S2/c1-3-18(15)5-4-14-19(16,17)11-7-10(13)9(12)6-8(11)2/h6-7,14H,3-5,13H2,1-2H3. The third kappa shape index (κ3) is 4.45. The average molecular weight is 325 g/mol. The number of sulfonamides is 1. The summed E-state index contributed by atoms with van der Waals surface area (Å²) in [7, 11) is -4.66. The van der Waals surface area contributed by atoms with Gasteiger partial charge in [-0.15, -0.1) is 0 Å². The Balaban J connectivity index is 2.89. The second-order valence-electron chi connectivity index (χ2n) is 3.97. The molecule has 1 aromatic carbocycles. The van der Waals surface area contributed by atoms with Gasteiger partial charge in [0.15, 0.2) is 0 Å². The lowest BCUT2D eigenvalue weighted by molar-refractivity contribution is 0.583. The topological polar surface area (TPSA) is 89.3 Å². The van der Waals surface area contributed by atoms with Crippen LogP contribution >= 0.6 is 11.6 Å². The van der Waals surface area contributed by atoms with Gasteiger partial charge in [0, 0.05) is 28.9 Å². The van der Waals surface area contributed by atoms with Crippen LogP contribution < -0.4 is 10.5 Å². The number of hydrogen-bond acceptors (Lipinski definition) is 4. The summed E-state index contributed by atoms with van der Waals surface area (Å²) in [5.41, 5.74) is 6.34. The van der Waals surface area contributed by atoms with Gasteiger partial charge in [0.2, 0.25) is 10.0 Å². The molecule has 0 amide bonds. The molecule has 0 bridgehead atoms. The van der Waals surface area contributed by atoms with Gasteiger partial charge in [-0.3, -0.25) is 4.21 Å². The Morgan fingerprint density at radius 2 is 2.05 bits per heavy atom. The zero-order chi connectivity index (χ0) is 14.6. The number of hydrogen-bond donors (Lipinski definition) is 2. The fraction of sp³-hybridized carbons (Fsp3) is 0.455.